The summed E-state index contributed by atoms with van der Waals surface area (Å²) in [7, 11) is 0. The number of amides is 2. The van der Waals surface area contributed by atoms with E-state index in [-0.39, 0.29) is 24.4 Å². The van der Waals surface area contributed by atoms with Crippen molar-refractivity contribution in [1.29, 1.82) is 0 Å². The van der Waals surface area contributed by atoms with Gasteiger partial charge in [-0.15, -0.1) is 11.3 Å². The number of carbonyl (C=O) groups is 2. The third-order valence-corrected chi connectivity index (χ3v) is 4.65. The van der Waals surface area contributed by atoms with Crippen molar-refractivity contribution >= 4 is 23.2 Å². The maximum atomic E-state index is 12.5. The van der Waals surface area contributed by atoms with Crippen LogP contribution in [0.25, 0.3) is 0 Å². The van der Waals surface area contributed by atoms with E-state index >= 15 is 0 Å². The molecule has 2 aromatic rings. The van der Waals surface area contributed by atoms with E-state index in [9.17, 15) is 9.59 Å². The van der Waals surface area contributed by atoms with Crippen LogP contribution in [0.5, 0.6) is 0 Å². The average Bonchev–Trinajstić information content (AvgIpc) is 3.15. The molecular weight excluding hydrogens is 312 g/mol. The topological polar surface area (TPSA) is 74.3 Å². The molecule has 2 N–H and O–H groups in total. The van der Waals surface area contributed by atoms with Crippen molar-refractivity contribution in [2.75, 3.05) is 26.2 Å². The minimum absolute atomic E-state index is 0.00744. The Hall–Kier alpha value is -2.25. The summed E-state index contributed by atoms with van der Waals surface area (Å²) in [6.45, 7) is 2.07. The van der Waals surface area contributed by atoms with Gasteiger partial charge in [0.25, 0.3) is 5.91 Å². The number of nitrogens with zero attached hydrogens (tertiary/aromatic N) is 2. The summed E-state index contributed by atoms with van der Waals surface area (Å²) in [5, 5.41) is 7.84. The van der Waals surface area contributed by atoms with Gasteiger partial charge in [-0.3, -0.25) is 14.6 Å². The second kappa shape index (κ2) is 7.34. The van der Waals surface area contributed by atoms with Crippen molar-refractivity contribution in [1.82, 2.24) is 20.5 Å². The van der Waals surface area contributed by atoms with Gasteiger partial charge in [-0.2, -0.15) is 0 Å². The van der Waals surface area contributed by atoms with Gasteiger partial charge in [-0.05, 0) is 23.1 Å². The molecule has 1 unspecified atom stereocenters. The first-order chi connectivity index (χ1) is 11.3. The largest absolute Gasteiger partial charge is 0.342 e. The first-order valence-corrected chi connectivity index (χ1v) is 8.35. The highest BCUT2D eigenvalue weighted by Crippen LogP contribution is 2.21. The van der Waals surface area contributed by atoms with Gasteiger partial charge >= 0.3 is 0 Å². The molecule has 2 amide bonds. The molecule has 6 nitrogen and oxygen atoms in total. The van der Waals surface area contributed by atoms with Crippen LogP contribution in [0, 0.1) is 0 Å². The third kappa shape index (κ3) is 3.75. The van der Waals surface area contributed by atoms with Gasteiger partial charge < -0.3 is 15.5 Å². The fourth-order valence-corrected chi connectivity index (χ4v) is 3.27. The molecule has 3 rings (SSSR count). The number of nitrogens with one attached hydrogen (secondary N) is 2. The molecule has 7 heteroatoms. The standard InChI is InChI=1S/C16H18N4O2S/c21-15(11-19-16(22)14-4-2-8-23-14)20-7-6-18-10-13(20)12-3-1-5-17-9-12/h1-5,8-9,13,18H,6-7,10-11H2,(H,19,22). The van der Waals surface area contributed by atoms with Gasteiger partial charge in [0.15, 0.2) is 0 Å². The second-order valence-electron chi connectivity index (χ2n) is 5.25. The number of rotatable bonds is 4. The Balaban J connectivity index is 1.63. The van der Waals surface area contributed by atoms with Gasteiger partial charge in [0.05, 0.1) is 17.5 Å². The smallest absolute Gasteiger partial charge is 0.261 e. The van der Waals surface area contributed by atoms with Gasteiger partial charge in [0, 0.05) is 32.0 Å². The zero-order valence-corrected chi connectivity index (χ0v) is 13.4. The number of hydrogen-bond donors (Lipinski definition) is 2. The van der Waals surface area contributed by atoms with Crippen LogP contribution in [0.1, 0.15) is 21.3 Å². The number of piperazine rings is 1. The van der Waals surface area contributed by atoms with E-state index in [1.165, 1.54) is 11.3 Å². The lowest BCUT2D eigenvalue weighted by Gasteiger charge is -2.36. The molecule has 1 aliphatic heterocycles. The second-order valence-corrected chi connectivity index (χ2v) is 6.20. The Morgan fingerprint density at radius 2 is 2.30 bits per heavy atom. The summed E-state index contributed by atoms with van der Waals surface area (Å²) < 4.78 is 0. The molecule has 2 aromatic heterocycles. The first-order valence-electron chi connectivity index (χ1n) is 7.47. The minimum Gasteiger partial charge on any atom is -0.342 e. The van der Waals surface area contributed by atoms with Crippen molar-refractivity contribution in [2.45, 2.75) is 6.04 Å². The first kappa shape index (κ1) is 15.6. The molecule has 1 fully saturated rings. The molecule has 0 spiro atoms. The number of carbonyl (C=O) groups excluding carboxylic acids is 2. The fraction of sp³-hybridized carbons (Fsp3) is 0.312. The molecule has 0 aromatic carbocycles. The molecule has 0 saturated carbocycles. The van der Waals surface area contributed by atoms with Crippen LogP contribution < -0.4 is 10.6 Å². The summed E-state index contributed by atoms with van der Waals surface area (Å²) in [6, 6.07) is 7.34. The molecule has 0 radical (unpaired) electrons. The summed E-state index contributed by atoms with van der Waals surface area (Å²) in [4.78, 5) is 31.0. The van der Waals surface area contributed by atoms with E-state index < -0.39 is 0 Å². The van der Waals surface area contributed by atoms with Crippen LogP contribution in [0.15, 0.2) is 42.0 Å². The van der Waals surface area contributed by atoms with Crippen molar-refractivity contribution in [3.63, 3.8) is 0 Å². The Labute approximate surface area is 138 Å². The number of aromatic nitrogens is 1. The SMILES string of the molecule is O=C(NCC(=O)N1CCNCC1c1cccnc1)c1cccs1. The van der Waals surface area contributed by atoms with Crippen LogP contribution in [0.3, 0.4) is 0 Å². The Morgan fingerprint density at radius 3 is 3.04 bits per heavy atom. The molecule has 1 aliphatic rings. The highest BCUT2D eigenvalue weighted by molar-refractivity contribution is 7.12. The quantitative estimate of drug-likeness (QED) is 0.879. The van der Waals surface area contributed by atoms with E-state index in [0.29, 0.717) is 18.0 Å². The minimum atomic E-state index is -0.207. The number of hydrogen-bond acceptors (Lipinski definition) is 5. The fourth-order valence-electron chi connectivity index (χ4n) is 2.63. The van der Waals surface area contributed by atoms with Crippen LogP contribution in [-0.2, 0) is 4.79 Å². The van der Waals surface area contributed by atoms with Crippen LogP contribution in [0.2, 0.25) is 0 Å². The molecule has 3 heterocycles. The number of pyridine rings is 1. The lowest BCUT2D eigenvalue weighted by molar-refractivity contribution is -0.133. The predicted molar refractivity (Wildman–Crippen MR) is 88.2 cm³/mol. The average molecular weight is 330 g/mol. The highest BCUT2D eigenvalue weighted by Gasteiger charge is 2.28. The molecule has 0 bridgehead atoms. The highest BCUT2D eigenvalue weighted by atomic mass is 32.1. The summed E-state index contributed by atoms with van der Waals surface area (Å²) in [5.74, 6) is -0.285. The summed E-state index contributed by atoms with van der Waals surface area (Å²) >= 11 is 1.36. The molecule has 1 atom stereocenters. The van der Waals surface area contributed by atoms with E-state index in [1.807, 2.05) is 28.5 Å². The van der Waals surface area contributed by atoms with Crippen molar-refractivity contribution in [2.24, 2.45) is 0 Å². The Kier molecular flexibility index (Phi) is 4.99. The summed E-state index contributed by atoms with van der Waals surface area (Å²) in [6.07, 6.45) is 3.50. The van der Waals surface area contributed by atoms with Crippen LogP contribution in [0.4, 0.5) is 0 Å². The normalized spacial score (nSPS) is 17.7. The Morgan fingerprint density at radius 1 is 1.39 bits per heavy atom. The van der Waals surface area contributed by atoms with Gasteiger partial charge in [0.2, 0.25) is 5.91 Å². The summed E-state index contributed by atoms with van der Waals surface area (Å²) in [5.41, 5.74) is 0.998. The van der Waals surface area contributed by atoms with Crippen molar-refractivity contribution in [3.8, 4) is 0 Å². The monoisotopic (exact) mass is 330 g/mol. The lowest BCUT2D eigenvalue weighted by atomic mass is 10.1. The van der Waals surface area contributed by atoms with E-state index in [2.05, 4.69) is 15.6 Å². The molecule has 0 aliphatic carbocycles. The van der Waals surface area contributed by atoms with Crippen molar-refractivity contribution in [3.05, 3.63) is 52.5 Å². The van der Waals surface area contributed by atoms with E-state index in [0.717, 1.165) is 12.1 Å². The maximum Gasteiger partial charge on any atom is 0.261 e. The zero-order valence-electron chi connectivity index (χ0n) is 12.6. The van der Waals surface area contributed by atoms with Gasteiger partial charge in [0.1, 0.15) is 0 Å². The van der Waals surface area contributed by atoms with Gasteiger partial charge in [-0.25, -0.2) is 0 Å². The molecular formula is C16H18N4O2S. The van der Waals surface area contributed by atoms with E-state index in [1.54, 1.807) is 18.5 Å². The molecule has 1 saturated heterocycles. The van der Waals surface area contributed by atoms with E-state index in [4.69, 9.17) is 0 Å². The number of thiophene rings is 1. The van der Waals surface area contributed by atoms with Crippen LogP contribution in [-0.4, -0.2) is 47.9 Å². The zero-order chi connectivity index (χ0) is 16.1. The molecule has 23 heavy (non-hydrogen) atoms. The molecule has 120 valence electrons. The maximum absolute atomic E-state index is 12.5. The van der Waals surface area contributed by atoms with Crippen molar-refractivity contribution < 1.29 is 9.59 Å². The third-order valence-electron chi connectivity index (χ3n) is 3.78. The van der Waals surface area contributed by atoms with Crippen LogP contribution >= 0.6 is 11.3 Å². The Bertz CT molecular complexity index is 660. The van der Waals surface area contributed by atoms with Gasteiger partial charge in [-0.1, -0.05) is 12.1 Å². The lowest BCUT2D eigenvalue weighted by Crippen LogP contribution is -2.51. The predicted octanol–water partition coefficient (Wildman–Crippen LogP) is 1.05.